The van der Waals surface area contributed by atoms with E-state index in [1.54, 1.807) is 40.2 Å². The molecule has 9 heteroatoms. The van der Waals surface area contributed by atoms with E-state index in [-0.39, 0.29) is 5.95 Å². The molecular formula is C23H28N4O4S. The fourth-order valence-electron chi connectivity index (χ4n) is 3.18. The monoisotopic (exact) mass is 456 g/mol. The Hall–Kier alpha value is -3.33. The molecule has 0 saturated heterocycles. The van der Waals surface area contributed by atoms with Gasteiger partial charge >= 0.3 is 0 Å². The summed E-state index contributed by atoms with van der Waals surface area (Å²) in [5, 5.41) is 4.18. The van der Waals surface area contributed by atoms with Crippen LogP contribution in [-0.4, -0.2) is 38.4 Å². The van der Waals surface area contributed by atoms with E-state index in [0.29, 0.717) is 23.1 Å². The number of nitrogens with zero attached hydrogens (tertiary/aromatic N) is 2. The van der Waals surface area contributed by atoms with Crippen molar-refractivity contribution in [1.82, 2.24) is 9.97 Å². The Bertz CT molecular complexity index is 1040. The lowest BCUT2D eigenvalue weighted by molar-refractivity contribution is 0.324. The van der Waals surface area contributed by atoms with Crippen molar-refractivity contribution in [3.63, 3.8) is 0 Å². The molecule has 0 bridgehead atoms. The Morgan fingerprint density at radius 1 is 0.906 bits per heavy atom. The Labute approximate surface area is 192 Å². The largest absolute Gasteiger partial charge is 0.497 e. The van der Waals surface area contributed by atoms with E-state index in [1.165, 1.54) is 0 Å². The summed E-state index contributed by atoms with van der Waals surface area (Å²) < 4.78 is 21.5. The van der Waals surface area contributed by atoms with Gasteiger partial charge in [0.15, 0.2) is 11.5 Å². The van der Waals surface area contributed by atoms with Crippen LogP contribution in [0.25, 0.3) is 0 Å². The molecular weight excluding hydrogens is 428 g/mol. The van der Waals surface area contributed by atoms with Crippen molar-refractivity contribution in [2.24, 2.45) is 0 Å². The van der Waals surface area contributed by atoms with E-state index in [2.05, 4.69) is 22.2 Å². The zero-order valence-corrected chi connectivity index (χ0v) is 19.7. The third-order valence-electron chi connectivity index (χ3n) is 4.80. The fourth-order valence-corrected chi connectivity index (χ4v) is 4.25. The van der Waals surface area contributed by atoms with Crippen molar-refractivity contribution in [1.29, 1.82) is 0 Å². The minimum atomic E-state index is 0.203. The highest BCUT2D eigenvalue weighted by Crippen LogP contribution is 2.41. The number of thioether (sulfide) groups is 1. The summed E-state index contributed by atoms with van der Waals surface area (Å²) in [6, 6.07) is 11.6. The van der Waals surface area contributed by atoms with Gasteiger partial charge < -0.3 is 30.0 Å². The maximum atomic E-state index is 6.04. The zero-order chi connectivity index (χ0) is 23.1. The van der Waals surface area contributed by atoms with Crippen molar-refractivity contribution >= 4 is 29.2 Å². The Kier molecular flexibility index (Phi) is 7.88. The third-order valence-corrected chi connectivity index (χ3v) is 5.89. The van der Waals surface area contributed by atoms with Gasteiger partial charge in [-0.15, -0.1) is 11.8 Å². The minimum absolute atomic E-state index is 0.203. The first-order valence-corrected chi connectivity index (χ1v) is 11.0. The van der Waals surface area contributed by atoms with Crippen LogP contribution < -0.4 is 30.0 Å². The molecule has 0 atom stereocenters. The van der Waals surface area contributed by atoms with Crippen LogP contribution in [0.5, 0.6) is 23.0 Å². The van der Waals surface area contributed by atoms with Gasteiger partial charge in [-0.25, -0.2) is 4.98 Å². The molecule has 2 aromatic carbocycles. The maximum Gasteiger partial charge on any atom is 0.223 e. The lowest BCUT2D eigenvalue weighted by Crippen LogP contribution is -2.07. The van der Waals surface area contributed by atoms with Crippen LogP contribution >= 0.6 is 11.8 Å². The molecule has 3 rings (SSSR count). The molecule has 0 aliphatic carbocycles. The number of benzene rings is 2. The molecule has 32 heavy (non-hydrogen) atoms. The molecule has 0 aliphatic heterocycles. The molecule has 0 saturated carbocycles. The van der Waals surface area contributed by atoms with Crippen molar-refractivity contribution in [3.05, 3.63) is 47.5 Å². The quantitative estimate of drug-likeness (QED) is 0.332. The molecule has 170 valence electrons. The Morgan fingerprint density at radius 2 is 1.56 bits per heavy atom. The number of nitrogen functional groups attached to an aromatic ring is 1. The van der Waals surface area contributed by atoms with E-state index >= 15 is 0 Å². The molecule has 1 heterocycles. The van der Waals surface area contributed by atoms with Gasteiger partial charge in [-0.05, 0) is 24.1 Å². The molecule has 0 aliphatic rings. The number of ether oxygens (including phenoxy) is 4. The molecule has 0 radical (unpaired) electrons. The highest BCUT2D eigenvalue weighted by atomic mass is 32.2. The highest BCUT2D eigenvalue weighted by molar-refractivity contribution is 7.98. The van der Waals surface area contributed by atoms with E-state index in [1.807, 2.05) is 36.4 Å². The first-order chi connectivity index (χ1) is 15.5. The van der Waals surface area contributed by atoms with Crippen molar-refractivity contribution in [2.45, 2.75) is 24.1 Å². The average molecular weight is 457 g/mol. The van der Waals surface area contributed by atoms with E-state index in [9.17, 15) is 0 Å². The summed E-state index contributed by atoms with van der Waals surface area (Å²) >= 11 is 1.62. The van der Waals surface area contributed by atoms with Crippen LogP contribution in [0.1, 0.15) is 18.1 Å². The van der Waals surface area contributed by atoms with E-state index in [4.69, 9.17) is 24.7 Å². The van der Waals surface area contributed by atoms with Gasteiger partial charge in [-0.2, -0.15) is 4.98 Å². The van der Waals surface area contributed by atoms with Gasteiger partial charge in [-0.3, -0.25) is 0 Å². The van der Waals surface area contributed by atoms with Crippen LogP contribution in [0.4, 0.5) is 17.5 Å². The molecule has 0 fully saturated rings. The van der Waals surface area contributed by atoms with Crippen LogP contribution in [0.3, 0.4) is 0 Å². The second kappa shape index (κ2) is 10.8. The standard InChI is InChI=1S/C23H28N4O4S/c1-6-17-21(25-15-11-18(29-3)20(31-5)19(12-15)30-4)26-23(24)27-22(17)32-13-14-7-9-16(28-2)10-8-14/h7-12H,6,13H2,1-5H3,(H3,24,25,26,27). The third kappa shape index (κ3) is 5.28. The average Bonchev–Trinajstić information content (AvgIpc) is 2.82. The Balaban J connectivity index is 1.89. The predicted octanol–water partition coefficient (Wildman–Crippen LogP) is 4.69. The first kappa shape index (κ1) is 23.3. The predicted molar refractivity (Wildman–Crippen MR) is 128 cm³/mol. The molecule has 0 spiro atoms. The molecule has 0 amide bonds. The number of rotatable bonds is 10. The number of nitrogens with two attached hydrogens (primary N) is 1. The van der Waals surface area contributed by atoms with Gasteiger partial charge in [0.25, 0.3) is 0 Å². The van der Waals surface area contributed by atoms with Gasteiger partial charge in [-0.1, -0.05) is 19.1 Å². The van der Waals surface area contributed by atoms with Crippen molar-refractivity contribution in [3.8, 4) is 23.0 Å². The van der Waals surface area contributed by atoms with Crippen LogP contribution in [0.2, 0.25) is 0 Å². The number of anilines is 3. The summed E-state index contributed by atoms with van der Waals surface area (Å²) in [7, 11) is 6.38. The van der Waals surface area contributed by atoms with Crippen molar-refractivity contribution in [2.75, 3.05) is 39.5 Å². The van der Waals surface area contributed by atoms with E-state index < -0.39 is 0 Å². The minimum Gasteiger partial charge on any atom is -0.497 e. The topological polar surface area (TPSA) is 101 Å². The van der Waals surface area contributed by atoms with Crippen LogP contribution in [0, 0.1) is 0 Å². The normalized spacial score (nSPS) is 10.5. The number of nitrogens with one attached hydrogen (secondary N) is 1. The highest BCUT2D eigenvalue weighted by Gasteiger charge is 2.17. The number of hydrogen-bond donors (Lipinski definition) is 2. The van der Waals surface area contributed by atoms with Gasteiger partial charge in [0, 0.05) is 29.1 Å². The fraction of sp³-hybridized carbons (Fsp3) is 0.304. The second-order valence-corrected chi connectivity index (χ2v) is 7.71. The van der Waals surface area contributed by atoms with Crippen LogP contribution in [-0.2, 0) is 12.2 Å². The first-order valence-electron chi connectivity index (χ1n) is 10.0. The maximum absolute atomic E-state index is 6.04. The lowest BCUT2D eigenvalue weighted by Gasteiger charge is -2.17. The molecule has 1 aromatic heterocycles. The van der Waals surface area contributed by atoms with Gasteiger partial charge in [0.2, 0.25) is 11.7 Å². The summed E-state index contributed by atoms with van der Waals surface area (Å²) in [5.41, 5.74) is 8.91. The number of aromatic nitrogens is 2. The summed E-state index contributed by atoms with van der Waals surface area (Å²) in [4.78, 5) is 8.93. The lowest BCUT2D eigenvalue weighted by atomic mass is 10.2. The molecule has 0 unspecified atom stereocenters. The zero-order valence-electron chi connectivity index (χ0n) is 18.9. The van der Waals surface area contributed by atoms with Crippen molar-refractivity contribution < 1.29 is 18.9 Å². The van der Waals surface area contributed by atoms with Gasteiger partial charge in [0.1, 0.15) is 16.6 Å². The molecule has 8 nitrogen and oxygen atoms in total. The summed E-state index contributed by atoms with van der Waals surface area (Å²) in [6.45, 7) is 2.06. The van der Waals surface area contributed by atoms with Crippen LogP contribution in [0.15, 0.2) is 41.4 Å². The van der Waals surface area contributed by atoms with E-state index in [0.717, 1.165) is 39.8 Å². The number of hydrogen-bond acceptors (Lipinski definition) is 9. The van der Waals surface area contributed by atoms with Gasteiger partial charge in [0.05, 0.1) is 28.4 Å². The smallest absolute Gasteiger partial charge is 0.223 e. The summed E-state index contributed by atoms with van der Waals surface area (Å²) in [6.07, 6.45) is 0.734. The molecule has 3 N–H and O–H groups in total. The molecule has 3 aromatic rings. The summed E-state index contributed by atoms with van der Waals surface area (Å²) in [5.74, 6) is 4.04. The SMILES string of the molecule is CCc1c(Nc2cc(OC)c(OC)c(OC)c2)nc(N)nc1SCc1ccc(OC)cc1. The number of methoxy groups -OCH3 is 4. The Morgan fingerprint density at radius 3 is 2.09 bits per heavy atom. The second-order valence-electron chi connectivity index (χ2n) is 6.74.